The number of fused-ring (bicyclic) bond motifs is 2. The third kappa shape index (κ3) is 4.40. The molecule has 3 aliphatic heterocycles. The number of amides is 2. The standard InChI is InChI=1S/C32H45ClN4O4S/c1-10-41-24-20-30(6,29(3,4)5)25-26-31(24,7)27-34-21(2)32(8,22-12-14-23(33)15-13-22)37(27)28(38)36(26)18-17-35(25)16-11-19-42(9,39)40/h12-15,20-21H,10-11,16-19H2,1-9H3/t21-,30?,31?,32+/m1/s1. The van der Waals surface area contributed by atoms with Gasteiger partial charge in [0, 0.05) is 42.0 Å². The fourth-order valence-corrected chi connectivity index (χ4v) is 7.93. The topological polar surface area (TPSA) is 82.5 Å². The quantitative estimate of drug-likeness (QED) is 0.373. The first-order chi connectivity index (χ1) is 19.4. The van der Waals surface area contributed by atoms with Crippen LogP contribution >= 0.6 is 11.6 Å². The van der Waals surface area contributed by atoms with Crippen LogP contribution < -0.4 is 0 Å². The highest BCUT2D eigenvalue weighted by Crippen LogP contribution is 2.62. The first-order valence-electron chi connectivity index (χ1n) is 14.9. The maximum Gasteiger partial charge on any atom is 0.330 e. The van der Waals surface area contributed by atoms with Crippen LogP contribution in [0.1, 0.15) is 67.4 Å². The van der Waals surface area contributed by atoms with Gasteiger partial charge in [-0.3, -0.25) is 14.8 Å². The first kappa shape index (κ1) is 30.9. The van der Waals surface area contributed by atoms with Crippen LogP contribution in [0.2, 0.25) is 5.02 Å². The number of halogens is 1. The van der Waals surface area contributed by atoms with Crippen molar-refractivity contribution < 1.29 is 17.9 Å². The molecule has 4 atom stereocenters. The molecule has 0 radical (unpaired) electrons. The molecule has 0 bridgehead atoms. The number of aliphatic imine (C=N–C) groups is 1. The largest absolute Gasteiger partial charge is 0.497 e. The molecular formula is C32H45ClN4O4S. The van der Waals surface area contributed by atoms with Crippen LogP contribution in [0.25, 0.3) is 0 Å². The van der Waals surface area contributed by atoms with E-state index in [4.69, 9.17) is 21.3 Å². The van der Waals surface area contributed by atoms with Crippen molar-refractivity contribution in [2.75, 3.05) is 38.2 Å². The molecule has 42 heavy (non-hydrogen) atoms. The third-order valence-electron chi connectivity index (χ3n) is 10.2. The molecule has 2 amide bonds. The molecule has 1 aromatic rings. The van der Waals surface area contributed by atoms with Gasteiger partial charge < -0.3 is 9.64 Å². The molecule has 10 heteroatoms. The Morgan fingerprint density at radius 3 is 2.31 bits per heavy atom. The molecule has 1 aliphatic carbocycles. The molecule has 5 rings (SSSR count). The molecule has 230 valence electrons. The number of carbonyl (C=O) groups excluding carboxylic acids is 1. The van der Waals surface area contributed by atoms with Gasteiger partial charge in [-0.25, -0.2) is 13.2 Å². The van der Waals surface area contributed by atoms with Gasteiger partial charge in [0.15, 0.2) is 0 Å². The van der Waals surface area contributed by atoms with Gasteiger partial charge in [0.25, 0.3) is 0 Å². The van der Waals surface area contributed by atoms with Gasteiger partial charge in [-0.1, -0.05) is 44.5 Å². The Morgan fingerprint density at radius 1 is 1.10 bits per heavy atom. The van der Waals surface area contributed by atoms with E-state index in [0.717, 1.165) is 22.7 Å². The number of nitrogens with zero attached hydrogens (tertiary/aromatic N) is 4. The Kier molecular flexibility index (Phi) is 7.37. The Bertz CT molecular complexity index is 1490. The van der Waals surface area contributed by atoms with Gasteiger partial charge in [0.1, 0.15) is 26.8 Å². The summed E-state index contributed by atoms with van der Waals surface area (Å²) in [6.45, 7) is 19.3. The lowest BCUT2D eigenvalue weighted by molar-refractivity contribution is 0.0537. The predicted octanol–water partition coefficient (Wildman–Crippen LogP) is 6.05. The summed E-state index contributed by atoms with van der Waals surface area (Å²) in [6, 6.07) is 7.39. The molecule has 1 fully saturated rings. The lowest BCUT2D eigenvalue weighted by atomic mass is 9.58. The van der Waals surface area contributed by atoms with Crippen LogP contribution in [0.3, 0.4) is 0 Å². The first-order valence-corrected chi connectivity index (χ1v) is 17.3. The monoisotopic (exact) mass is 616 g/mol. The van der Waals surface area contributed by atoms with Crippen LogP contribution in [0.5, 0.6) is 0 Å². The summed E-state index contributed by atoms with van der Waals surface area (Å²) in [5, 5.41) is 0.642. The highest BCUT2D eigenvalue weighted by molar-refractivity contribution is 7.90. The van der Waals surface area contributed by atoms with Crippen molar-refractivity contribution in [1.82, 2.24) is 14.7 Å². The number of ether oxygens (including phenoxy) is 1. The summed E-state index contributed by atoms with van der Waals surface area (Å²) in [4.78, 5) is 26.2. The second kappa shape index (κ2) is 10.0. The van der Waals surface area contributed by atoms with E-state index in [0.29, 0.717) is 43.5 Å². The number of sulfone groups is 1. The molecule has 1 aromatic carbocycles. The van der Waals surface area contributed by atoms with Gasteiger partial charge in [-0.15, -0.1) is 0 Å². The molecule has 0 spiro atoms. The Hall–Kier alpha value is -2.52. The van der Waals surface area contributed by atoms with Crippen molar-refractivity contribution in [2.24, 2.45) is 21.2 Å². The maximum absolute atomic E-state index is 14.7. The van der Waals surface area contributed by atoms with E-state index in [9.17, 15) is 13.2 Å². The van der Waals surface area contributed by atoms with Gasteiger partial charge in [0.2, 0.25) is 0 Å². The minimum atomic E-state index is -3.10. The van der Waals surface area contributed by atoms with Crippen molar-refractivity contribution in [2.45, 2.75) is 73.4 Å². The van der Waals surface area contributed by atoms with Crippen molar-refractivity contribution in [3.63, 3.8) is 0 Å². The van der Waals surface area contributed by atoms with Gasteiger partial charge in [0.05, 0.1) is 29.6 Å². The van der Waals surface area contributed by atoms with Gasteiger partial charge in [-0.05, 0) is 70.2 Å². The summed E-state index contributed by atoms with van der Waals surface area (Å²) in [5.74, 6) is 1.61. The zero-order chi connectivity index (χ0) is 31.0. The summed E-state index contributed by atoms with van der Waals surface area (Å²) in [6.07, 6.45) is 4.05. The highest BCUT2D eigenvalue weighted by Gasteiger charge is 2.66. The molecule has 1 saturated heterocycles. The minimum Gasteiger partial charge on any atom is -0.497 e. The van der Waals surface area contributed by atoms with E-state index < -0.39 is 26.2 Å². The fraction of sp³-hybridized carbons (Fsp3) is 0.625. The zero-order valence-corrected chi connectivity index (χ0v) is 28.0. The van der Waals surface area contributed by atoms with E-state index in [-0.39, 0.29) is 23.2 Å². The summed E-state index contributed by atoms with van der Waals surface area (Å²) >= 11 is 6.26. The number of amidine groups is 1. The van der Waals surface area contributed by atoms with E-state index >= 15 is 0 Å². The summed E-state index contributed by atoms with van der Waals surface area (Å²) in [5.41, 5.74) is 0.661. The van der Waals surface area contributed by atoms with Crippen LogP contribution in [0, 0.1) is 16.2 Å². The molecule has 2 unspecified atom stereocenters. The molecule has 0 saturated carbocycles. The van der Waals surface area contributed by atoms with Crippen molar-refractivity contribution in [3.8, 4) is 0 Å². The highest BCUT2D eigenvalue weighted by atomic mass is 35.5. The van der Waals surface area contributed by atoms with Crippen molar-refractivity contribution >= 4 is 33.3 Å². The smallest absolute Gasteiger partial charge is 0.330 e. The van der Waals surface area contributed by atoms with Crippen LogP contribution in [-0.4, -0.2) is 79.3 Å². The number of hydrogen-bond donors (Lipinski definition) is 0. The summed E-state index contributed by atoms with van der Waals surface area (Å²) in [7, 11) is -3.10. The molecule has 0 N–H and O–H groups in total. The average Bonchev–Trinajstić information content (AvgIpc) is 3.17. The Labute approximate surface area is 256 Å². The van der Waals surface area contributed by atoms with E-state index in [1.807, 2.05) is 41.0 Å². The van der Waals surface area contributed by atoms with Crippen LogP contribution in [0.15, 0.2) is 52.5 Å². The minimum absolute atomic E-state index is 0.0923. The van der Waals surface area contributed by atoms with E-state index in [1.165, 1.54) is 6.26 Å². The third-order valence-corrected chi connectivity index (χ3v) is 11.5. The number of hydrogen-bond acceptors (Lipinski definition) is 6. The second-order valence-corrected chi connectivity index (χ2v) is 16.4. The SMILES string of the molecule is CCOC1=CC(C)(C(C)(C)C)C2=C3N(CCN2CCCS(C)(=O)=O)C(=O)N2C(=N[C@H](C)[C@@]2(C)c2ccc(Cl)cc2)C13C. The number of allylic oxidation sites excluding steroid dienone is 1. The molecule has 4 aliphatic rings. The lowest BCUT2D eigenvalue weighted by Gasteiger charge is -2.60. The number of carbonyl (C=O) groups is 1. The number of rotatable bonds is 7. The zero-order valence-electron chi connectivity index (χ0n) is 26.4. The van der Waals surface area contributed by atoms with Crippen molar-refractivity contribution in [1.29, 1.82) is 0 Å². The maximum atomic E-state index is 14.7. The normalized spacial score (nSPS) is 31.1. The Morgan fingerprint density at radius 2 is 1.74 bits per heavy atom. The molecule has 3 heterocycles. The van der Waals surface area contributed by atoms with Gasteiger partial charge >= 0.3 is 6.03 Å². The molecule has 8 nitrogen and oxygen atoms in total. The average molecular weight is 617 g/mol. The van der Waals surface area contributed by atoms with Crippen molar-refractivity contribution in [3.05, 3.63) is 58.1 Å². The van der Waals surface area contributed by atoms with Crippen LogP contribution in [0.4, 0.5) is 4.79 Å². The predicted molar refractivity (Wildman–Crippen MR) is 168 cm³/mol. The molecular weight excluding hydrogens is 572 g/mol. The fourth-order valence-electron chi connectivity index (χ4n) is 7.15. The van der Waals surface area contributed by atoms with Crippen LogP contribution in [-0.2, 0) is 20.1 Å². The summed E-state index contributed by atoms with van der Waals surface area (Å²) < 4.78 is 30.6. The Balaban J connectivity index is 1.75. The molecule has 0 aromatic heterocycles. The van der Waals surface area contributed by atoms with E-state index in [2.05, 4.69) is 59.4 Å². The lowest BCUT2D eigenvalue weighted by Crippen LogP contribution is -2.68. The van der Waals surface area contributed by atoms with E-state index in [1.54, 1.807) is 0 Å². The number of urea groups is 1. The number of benzene rings is 1. The van der Waals surface area contributed by atoms with Gasteiger partial charge in [-0.2, -0.15) is 0 Å². The second-order valence-electron chi connectivity index (χ2n) is 13.7.